The molecule has 0 saturated carbocycles. The Morgan fingerprint density at radius 3 is 2.04 bits per heavy atom. The van der Waals surface area contributed by atoms with E-state index in [0.717, 1.165) is 0 Å². The molecule has 25 heavy (non-hydrogen) atoms. The fourth-order valence-corrected chi connectivity index (χ4v) is 3.39. The Kier molecular flexibility index (Phi) is 8.38. The van der Waals surface area contributed by atoms with E-state index in [-0.39, 0.29) is 10.3 Å². The number of nitrogens with one attached hydrogen (secondary N) is 1. The van der Waals surface area contributed by atoms with Gasteiger partial charge in [-0.3, -0.25) is 4.79 Å². The van der Waals surface area contributed by atoms with Crippen LogP contribution in [0.5, 0.6) is 0 Å². The van der Waals surface area contributed by atoms with Crippen molar-refractivity contribution in [3.8, 4) is 0 Å². The van der Waals surface area contributed by atoms with Gasteiger partial charge in [-0.25, -0.2) is 0 Å². The molecule has 3 N–H and O–H groups in total. The number of halogens is 2. The Morgan fingerprint density at radius 1 is 1.16 bits per heavy atom. The molecule has 134 valence electrons. The number of hydrogen-bond acceptors (Lipinski definition) is 5. The molecule has 2 aromatic carbocycles. The summed E-state index contributed by atoms with van der Waals surface area (Å²) in [6.07, 6.45) is 0.644. The molecule has 0 aliphatic heterocycles. The zero-order valence-corrected chi connectivity index (χ0v) is 16.2. The molecule has 1 amide bonds. The second kappa shape index (κ2) is 9.77. The van der Waals surface area contributed by atoms with Crippen molar-refractivity contribution < 1.29 is 26.6 Å². The molecule has 7 nitrogen and oxygen atoms in total. The topological polar surface area (TPSA) is 113 Å². The average Bonchev–Trinajstić information content (AvgIpc) is 2.55. The number of hydrogen-bond donors (Lipinski definition) is 3. The number of aldehydes is 1. The third-order valence-corrected chi connectivity index (χ3v) is 5.86. The van der Waals surface area contributed by atoms with Crippen LogP contribution in [-0.4, -0.2) is 35.7 Å². The standard InChI is InChI=1S/C8H10AsNO5.C7H4Cl2O/c1-6(11)10-8-4-2-7(3-5-8)9(12,13)15-14;8-6-2-1-3-7(9)5(6)4-10/h2-5,14H,1H3,(H,10,11)(H,12,13);1-4H. The zero-order chi connectivity index (χ0) is 19.0. The first-order valence-electron chi connectivity index (χ1n) is 6.64. The number of rotatable bonds is 4. The van der Waals surface area contributed by atoms with Crippen LogP contribution in [0.3, 0.4) is 0 Å². The quantitative estimate of drug-likeness (QED) is 0.286. The summed E-state index contributed by atoms with van der Waals surface area (Å²) in [5.74, 6) is -0.237. The summed E-state index contributed by atoms with van der Waals surface area (Å²) >= 11 is 6.46. The summed E-state index contributed by atoms with van der Waals surface area (Å²) in [7, 11) is 0. The van der Waals surface area contributed by atoms with Crippen LogP contribution in [-0.2, 0) is 12.4 Å². The first-order valence-corrected chi connectivity index (χ1v) is 10.7. The second-order valence-corrected chi connectivity index (χ2v) is 9.01. The van der Waals surface area contributed by atoms with Gasteiger partial charge >= 0.3 is 88.4 Å². The Hall–Kier alpha value is -1.60. The minimum Gasteiger partial charge on any atom is -0.298 e. The van der Waals surface area contributed by atoms with Gasteiger partial charge in [0, 0.05) is 0 Å². The van der Waals surface area contributed by atoms with Crippen LogP contribution in [0.15, 0.2) is 42.5 Å². The van der Waals surface area contributed by atoms with E-state index in [4.69, 9.17) is 32.6 Å². The average molecular weight is 450 g/mol. The number of benzene rings is 2. The first-order chi connectivity index (χ1) is 11.7. The summed E-state index contributed by atoms with van der Waals surface area (Å²) in [5, 5.41) is 11.5. The van der Waals surface area contributed by atoms with Crippen molar-refractivity contribution in [3.05, 3.63) is 58.1 Å². The normalized spacial score (nSPS) is 12.4. The van der Waals surface area contributed by atoms with E-state index in [1.165, 1.54) is 31.2 Å². The van der Waals surface area contributed by atoms with Crippen LogP contribution in [0.1, 0.15) is 17.3 Å². The third kappa shape index (κ3) is 6.66. The number of amides is 1. The molecular weight excluding hydrogens is 436 g/mol. The Balaban J connectivity index is 0.000000271. The predicted molar refractivity (Wildman–Crippen MR) is 94.6 cm³/mol. The van der Waals surface area contributed by atoms with Gasteiger partial charge < -0.3 is 0 Å². The van der Waals surface area contributed by atoms with Crippen LogP contribution in [0, 0.1) is 0 Å². The van der Waals surface area contributed by atoms with E-state index in [9.17, 15) is 13.3 Å². The minimum absolute atomic E-state index is 0.00438. The molecule has 1 unspecified atom stereocenters. The van der Waals surface area contributed by atoms with E-state index in [0.29, 0.717) is 27.6 Å². The van der Waals surface area contributed by atoms with Crippen molar-refractivity contribution in [3.63, 3.8) is 0 Å². The van der Waals surface area contributed by atoms with Crippen LogP contribution in [0.4, 0.5) is 5.69 Å². The van der Waals surface area contributed by atoms with Crippen molar-refractivity contribution in [1.29, 1.82) is 0 Å². The van der Waals surface area contributed by atoms with Crippen molar-refractivity contribution >= 4 is 59.6 Å². The van der Waals surface area contributed by atoms with E-state index in [2.05, 4.69) is 9.19 Å². The molecule has 0 heterocycles. The summed E-state index contributed by atoms with van der Waals surface area (Å²) in [6.45, 7) is 1.35. The maximum Gasteiger partial charge on any atom is 0.153 e. The van der Waals surface area contributed by atoms with Gasteiger partial charge in [0.2, 0.25) is 0 Å². The van der Waals surface area contributed by atoms with Gasteiger partial charge in [-0.15, -0.1) is 0 Å². The second-order valence-electron chi connectivity index (χ2n) is 4.58. The Labute approximate surface area is 156 Å². The molecule has 0 bridgehead atoms. The van der Waals surface area contributed by atoms with E-state index < -0.39 is 14.2 Å². The van der Waals surface area contributed by atoms with Crippen molar-refractivity contribution in [2.75, 3.05) is 5.32 Å². The molecule has 2 rings (SSSR count). The molecule has 1 atom stereocenters. The maximum atomic E-state index is 11.2. The molecule has 2 aromatic rings. The fourth-order valence-electron chi connectivity index (χ4n) is 1.61. The molecule has 0 aromatic heterocycles. The van der Waals surface area contributed by atoms with E-state index in [1.54, 1.807) is 18.2 Å². The van der Waals surface area contributed by atoms with Crippen LogP contribution in [0.25, 0.3) is 0 Å². The van der Waals surface area contributed by atoms with Gasteiger partial charge in [0.15, 0.2) is 6.29 Å². The molecule has 0 saturated heterocycles. The van der Waals surface area contributed by atoms with Gasteiger partial charge in [0.1, 0.15) is 0 Å². The van der Waals surface area contributed by atoms with Gasteiger partial charge in [-0.1, -0.05) is 29.3 Å². The number of carbonyl (C=O) groups is 2. The summed E-state index contributed by atoms with van der Waals surface area (Å²) < 4.78 is 23.8. The molecule has 0 aliphatic rings. The predicted octanol–water partition coefficient (Wildman–Crippen LogP) is 2.51. The van der Waals surface area contributed by atoms with E-state index in [1.807, 2.05) is 0 Å². The van der Waals surface area contributed by atoms with Crippen molar-refractivity contribution in [1.82, 2.24) is 0 Å². The Bertz CT molecular complexity index is 777. The van der Waals surface area contributed by atoms with Crippen LogP contribution < -0.4 is 9.67 Å². The first kappa shape index (κ1) is 21.4. The van der Waals surface area contributed by atoms with Gasteiger partial charge in [0.05, 0.1) is 15.6 Å². The van der Waals surface area contributed by atoms with Gasteiger partial charge in [0.25, 0.3) is 0 Å². The Morgan fingerprint density at radius 2 is 1.68 bits per heavy atom. The molecule has 10 heteroatoms. The third-order valence-electron chi connectivity index (χ3n) is 2.74. The summed E-state index contributed by atoms with van der Waals surface area (Å²) in [6, 6.07) is 10.4. The number of carbonyl (C=O) groups excluding carboxylic acids is 2. The molecule has 0 spiro atoms. The zero-order valence-electron chi connectivity index (χ0n) is 12.8. The maximum absolute atomic E-state index is 11.2. The summed E-state index contributed by atoms with van der Waals surface area (Å²) in [4.78, 5) is 21.0. The SMILES string of the molecule is CC(=O)Nc1ccc([As](=O)(O)OO)cc1.O=Cc1c(Cl)cccc1Cl. The van der Waals surface area contributed by atoms with Crippen LogP contribution >= 0.6 is 23.2 Å². The van der Waals surface area contributed by atoms with Crippen LogP contribution in [0.2, 0.25) is 10.0 Å². The van der Waals surface area contributed by atoms with E-state index >= 15 is 0 Å². The molecular formula is C15H14AsCl2NO6. The fraction of sp³-hybridized carbons (Fsp3) is 0.0667. The number of anilines is 1. The largest absolute Gasteiger partial charge is 0.298 e. The molecule has 0 radical (unpaired) electrons. The van der Waals surface area contributed by atoms with Gasteiger partial charge in [-0.2, -0.15) is 0 Å². The molecule has 0 aliphatic carbocycles. The summed E-state index contributed by atoms with van der Waals surface area (Å²) in [5.41, 5.74) is 0.852. The minimum atomic E-state index is -4.76. The van der Waals surface area contributed by atoms with Crippen molar-refractivity contribution in [2.45, 2.75) is 6.92 Å². The van der Waals surface area contributed by atoms with Gasteiger partial charge in [-0.05, 0) is 12.1 Å². The smallest absolute Gasteiger partial charge is 0.153 e. The molecule has 0 fully saturated rings. The van der Waals surface area contributed by atoms with Crippen molar-refractivity contribution in [2.24, 2.45) is 0 Å². The monoisotopic (exact) mass is 449 g/mol.